The van der Waals surface area contributed by atoms with Gasteiger partial charge in [-0.3, -0.25) is 30.0 Å². The first-order valence-electron chi connectivity index (χ1n) is 13.2. The second kappa shape index (κ2) is 18.6. The third-order valence-corrected chi connectivity index (χ3v) is 8.02. The lowest BCUT2D eigenvalue weighted by Gasteiger charge is -2.19. The Hall–Kier alpha value is -1.67. The van der Waals surface area contributed by atoms with Gasteiger partial charge in [-0.2, -0.15) is 11.8 Å². The number of hydrogen-bond donors (Lipinski definition) is 2. The van der Waals surface area contributed by atoms with Crippen LogP contribution in [0.4, 0.5) is 10.3 Å². The van der Waals surface area contributed by atoms with E-state index in [9.17, 15) is 9.59 Å². The van der Waals surface area contributed by atoms with E-state index in [0.29, 0.717) is 23.4 Å². The maximum Gasteiger partial charge on any atom is 0.240 e. The van der Waals surface area contributed by atoms with Crippen LogP contribution >= 0.6 is 34.4 Å². The molecule has 2 aromatic rings. The molecule has 0 fully saturated rings. The number of carbonyl (C=O) groups is 2. The highest BCUT2D eigenvalue weighted by Crippen LogP contribution is 2.20. The molecule has 10 nitrogen and oxygen atoms in total. The standard InChI is InChI=1S/C24H42N8O2S3/c1-5-11-31(12-6-2)17-19(33)25-23-29-27-21(36-23)9-15-35-16-10-22-28-30-24(37-22)26-20(34)18-32(13-7-3)14-8-4/h5-18H2,1-4H3,(H,25,29,33)(H,26,30,34). The van der Waals surface area contributed by atoms with Crippen LogP contribution in [0.5, 0.6) is 0 Å². The first kappa shape index (κ1) is 31.5. The van der Waals surface area contributed by atoms with Crippen LogP contribution in [0.25, 0.3) is 0 Å². The number of anilines is 2. The van der Waals surface area contributed by atoms with Gasteiger partial charge in [0.15, 0.2) is 0 Å². The predicted molar refractivity (Wildman–Crippen MR) is 156 cm³/mol. The van der Waals surface area contributed by atoms with Gasteiger partial charge in [0.05, 0.1) is 13.1 Å². The van der Waals surface area contributed by atoms with Crippen molar-refractivity contribution >= 4 is 56.5 Å². The average molecular weight is 571 g/mol. The molecule has 0 saturated heterocycles. The lowest BCUT2D eigenvalue weighted by Crippen LogP contribution is -2.34. The average Bonchev–Trinajstić information content (AvgIpc) is 3.48. The third kappa shape index (κ3) is 13.1. The Morgan fingerprint density at radius 2 is 1.05 bits per heavy atom. The molecule has 2 aromatic heterocycles. The molecule has 0 radical (unpaired) electrons. The molecule has 2 rings (SSSR count). The zero-order valence-corrected chi connectivity index (χ0v) is 25.1. The Morgan fingerprint density at radius 1 is 0.676 bits per heavy atom. The molecule has 0 unspecified atom stereocenters. The second-order valence-electron chi connectivity index (χ2n) is 8.76. The van der Waals surface area contributed by atoms with Gasteiger partial charge in [0.1, 0.15) is 10.0 Å². The van der Waals surface area contributed by atoms with Crippen molar-refractivity contribution in [3.8, 4) is 0 Å². The van der Waals surface area contributed by atoms with Gasteiger partial charge in [0, 0.05) is 12.8 Å². The highest BCUT2D eigenvalue weighted by molar-refractivity contribution is 7.99. The molecule has 2 heterocycles. The van der Waals surface area contributed by atoms with Crippen LogP contribution in [-0.4, -0.2) is 92.8 Å². The summed E-state index contributed by atoms with van der Waals surface area (Å²) in [7, 11) is 0. The first-order chi connectivity index (χ1) is 18.0. The number of nitrogens with zero attached hydrogens (tertiary/aromatic N) is 6. The highest BCUT2D eigenvalue weighted by atomic mass is 32.2. The van der Waals surface area contributed by atoms with Crippen molar-refractivity contribution in [1.29, 1.82) is 0 Å². The molecule has 2 N–H and O–H groups in total. The zero-order valence-electron chi connectivity index (χ0n) is 22.6. The smallest absolute Gasteiger partial charge is 0.240 e. The minimum Gasteiger partial charge on any atom is -0.299 e. The summed E-state index contributed by atoms with van der Waals surface area (Å²) in [6.45, 7) is 12.9. The van der Waals surface area contributed by atoms with E-state index in [4.69, 9.17) is 0 Å². The van der Waals surface area contributed by atoms with Crippen molar-refractivity contribution in [2.24, 2.45) is 0 Å². The third-order valence-electron chi connectivity index (χ3n) is 5.24. The Kier molecular flexibility index (Phi) is 15.8. The SMILES string of the molecule is CCCN(CCC)CC(=O)Nc1nnc(CCSCCc2nnc(NC(=O)CN(CCC)CCC)s2)s1. The minimum absolute atomic E-state index is 0.0363. The van der Waals surface area contributed by atoms with Crippen LogP contribution in [0, 0.1) is 0 Å². The molecule has 0 aliphatic heterocycles. The first-order valence-corrected chi connectivity index (χ1v) is 16.0. The largest absolute Gasteiger partial charge is 0.299 e. The van der Waals surface area contributed by atoms with Gasteiger partial charge >= 0.3 is 0 Å². The van der Waals surface area contributed by atoms with Crippen molar-refractivity contribution in [1.82, 2.24) is 30.2 Å². The fourth-order valence-electron chi connectivity index (χ4n) is 3.76. The summed E-state index contributed by atoms with van der Waals surface area (Å²) in [6, 6.07) is 0. The van der Waals surface area contributed by atoms with Crippen LogP contribution in [0.1, 0.15) is 63.4 Å². The Bertz CT molecular complexity index is 839. The number of aryl methyl sites for hydroxylation is 2. The van der Waals surface area contributed by atoms with Crippen LogP contribution in [0.3, 0.4) is 0 Å². The van der Waals surface area contributed by atoms with Crippen LogP contribution < -0.4 is 10.6 Å². The zero-order chi connectivity index (χ0) is 26.9. The summed E-state index contributed by atoms with van der Waals surface area (Å²) < 4.78 is 0. The molecule has 0 atom stereocenters. The summed E-state index contributed by atoms with van der Waals surface area (Å²) in [5.74, 6) is 1.75. The number of carbonyl (C=O) groups excluding carboxylic acids is 2. The molecule has 0 aliphatic rings. The van der Waals surface area contributed by atoms with Crippen molar-refractivity contribution in [3.05, 3.63) is 10.0 Å². The van der Waals surface area contributed by atoms with Gasteiger partial charge in [0.2, 0.25) is 22.1 Å². The van der Waals surface area contributed by atoms with E-state index in [0.717, 1.165) is 86.2 Å². The van der Waals surface area contributed by atoms with E-state index in [1.54, 1.807) is 0 Å². The molecule has 37 heavy (non-hydrogen) atoms. The summed E-state index contributed by atoms with van der Waals surface area (Å²) in [5, 5.41) is 25.4. The normalized spacial score (nSPS) is 11.4. The summed E-state index contributed by atoms with van der Waals surface area (Å²) in [4.78, 5) is 29.0. The Labute approximate surface area is 233 Å². The van der Waals surface area contributed by atoms with Crippen molar-refractivity contribution in [2.45, 2.75) is 66.2 Å². The van der Waals surface area contributed by atoms with E-state index in [1.165, 1.54) is 22.7 Å². The van der Waals surface area contributed by atoms with Crippen LogP contribution in [-0.2, 0) is 22.4 Å². The molecule has 0 aliphatic carbocycles. The summed E-state index contributed by atoms with van der Waals surface area (Å²) >= 11 is 4.69. The van der Waals surface area contributed by atoms with Gasteiger partial charge in [-0.25, -0.2) is 0 Å². The molecule has 0 aromatic carbocycles. The molecule has 2 amide bonds. The molecule has 0 bridgehead atoms. The Balaban J connectivity index is 1.64. The maximum absolute atomic E-state index is 12.3. The van der Waals surface area contributed by atoms with E-state index >= 15 is 0 Å². The minimum atomic E-state index is -0.0363. The molecule has 13 heteroatoms. The van der Waals surface area contributed by atoms with E-state index in [-0.39, 0.29) is 11.8 Å². The summed E-state index contributed by atoms with van der Waals surface area (Å²) in [6.07, 6.45) is 5.73. The quantitative estimate of drug-likeness (QED) is 0.228. The lowest BCUT2D eigenvalue weighted by atomic mass is 10.3. The molecule has 208 valence electrons. The fourth-order valence-corrected chi connectivity index (χ4v) is 6.41. The van der Waals surface area contributed by atoms with Crippen LogP contribution in [0.2, 0.25) is 0 Å². The molecular formula is C24H42N8O2S3. The number of rotatable bonds is 20. The molecular weight excluding hydrogens is 529 g/mol. The van der Waals surface area contributed by atoms with E-state index < -0.39 is 0 Å². The van der Waals surface area contributed by atoms with Crippen LogP contribution in [0.15, 0.2) is 0 Å². The molecule has 0 saturated carbocycles. The van der Waals surface area contributed by atoms with Crippen molar-refractivity contribution in [3.63, 3.8) is 0 Å². The summed E-state index contributed by atoms with van der Waals surface area (Å²) in [5.41, 5.74) is 0. The number of aromatic nitrogens is 4. The predicted octanol–water partition coefficient (Wildman–Crippen LogP) is 4.03. The van der Waals surface area contributed by atoms with Gasteiger partial charge in [-0.05, 0) is 63.4 Å². The fraction of sp³-hybridized carbons (Fsp3) is 0.750. The number of hydrogen-bond acceptors (Lipinski definition) is 11. The van der Waals surface area contributed by atoms with E-state index in [2.05, 4.69) is 68.5 Å². The molecule has 0 spiro atoms. The monoisotopic (exact) mass is 570 g/mol. The van der Waals surface area contributed by atoms with Crippen molar-refractivity contribution < 1.29 is 9.59 Å². The number of amides is 2. The Morgan fingerprint density at radius 3 is 1.41 bits per heavy atom. The number of thioether (sulfide) groups is 1. The van der Waals surface area contributed by atoms with Gasteiger partial charge in [-0.15, -0.1) is 20.4 Å². The van der Waals surface area contributed by atoms with Gasteiger partial charge in [-0.1, -0.05) is 50.4 Å². The number of nitrogens with one attached hydrogen (secondary N) is 2. The second-order valence-corrected chi connectivity index (χ2v) is 12.1. The van der Waals surface area contributed by atoms with E-state index in [1.807, 2.05) is 11.8 Å². The van der Waals surface area contributed by atoms with Gasteiger partial charge in [0.25, 0.3) is 0 Å². The highest BCUT2D eigenvalue weighted by Gasteiger charge is 2.14. The lowest BCUT2D eigenvalue weighted by molar-refractivity contribution is -0.118. The maximum atomic E-state index is 12.3. The van der Waals surface area contributed by atoms with Crippen molar-refractivity contribution in [2.75, 3.05) is 61.4 Å². The van der Waals surface area contributed by atoms with Gasteiger partial charge < -0.3 is 0 Å². The topological polar surface area (TPSA) is 116 Å².